The number of ether oxygens (including phenoxy) is 1. The standard InChI is InChI=1S/C26H23N3O3S2/c1-4-12-28-15-17(18-9-6-7-10-19(18)28)14-21-24(30)29-23(20-11-8-13-33-20)22(25(31)32-5-2)16(3)27-26(29)34-21/h4,6-11,13-15,23H,1,5,12H2,2-3H3/b21-14-. The molecule has 1 aromatic carbocycles. The molecule has 0 fully saturated rings. The molecule has 4 aromatic rings. The van der Waals surface area contributed by atoms with Crippen molar-refractivity contribution in [1.29, 1.82) is 0 Å². The van der Waals surface area contributed by atoms with Crippen LogP contribution in [0.15, 0.2) is 81.7 Å². The number of carbonyl (C=O) groups excluding carboxylic acids is 1. The number of aromatic nitrogens is 2. The van der Waals surface area contributed by atoms with Crippen molar-refractivity contribution in [3.8, 4) is 0 Å². The molecule has 0 N–H and O–H groups in total. The molecule has 0 spiro atoms. The number of hydrogen-bond donors (Lipinski definition) is 0. The molecule has 0 radical (unpaired) electrons. The van der Waals surface area contributed by atoms with Crippen molar-refractivity contribution >= 4 is 45.6 Å². The van der Waals surface area contributed by atoms with Crippen molar-refractivity contribution in [2.45, 2.75) is 26.4 Å². The maximum absolute atomic E-state index is 13.7. The van der Waals surface area contributed by atoms with Gasteiger partial charge in [-0.1, -0.05) is 41.7 Å². The predicted molar refractivity (Wildman–Crippen MR) is 137 cm³/mol. The van der Waals surface area contributed by atoms with E-state index in [1.54, 1.807) is 18.4 Å². The number of rotatable bonds is 6. The normalized spacial score (nSPS) is 15.9. The highest BCUT2D eigenvalue weighted by Crippen LogP contribution is 2.33. The fraction of sp³-hybridized carbons (Fsp3) is 0.192. The fourth-order valence-electron chi connectivity index (χ4n) is 4.33. The summed E-state index contributed by atoms with van der Waals surface area (Å²) in [5, 5.41) is 3.01. The molecule has 8 heteroatoms. The van der Waals surface area contributed by atoms with Gasteiger partial charge in [0, 0.05) is 34.1 Å². The minimum absolute atomic E-state index is 0.169. The topological polar surface area (TPSA) is 65.6 Å². The molecule has 0 saturated carbocycles. The van der Waals surface area contributed by atoms with Crippen LogP contribution in [0.3, 0.4) is 0 Å². The second-order valence-electron chi connectivity index (χ2n) is 7.86. The van der Waals surface area contributed by atoms with Gasteiger partial charge < -0.3 is 9.30 Å². The number of thiazole rings is 1. The van der Waals surface area contributed by atoms with Gasteiger partial charge in [0.2, 0.25) is 0 Å². The lowest BCUT2D eigenvalue weighted by Crippen LogP contribution is -2.39. The van der Waals surface area contributed by atoms with Crippen molar-refractivity contribution in [2.75, 3.05) is 6.61 Å². The molecule has 6 nitrogen and oxygen atoms in total. The Balaban J connectivity index is 1.73. The smallest absolute Gasteiger partial charge is 0.338 e. The lowest BCUT2D eigenvalue weighted by molar-refractivity contribution is -0.139. The summed E-state index contributed by atoms with van der Waals surface area (Å²) in [6.07, 6.45) is 5.81. The highest BCUT2D eigenvalue weighted by atomic mass is 32.1. The molecule has 1 unspecified atom stereocenters. The SMILES string of the molecule is C=CCn1cc(/C=c2\sc3n(c2=O)C(c2cccs2)C(C(=O)OCC)=C(C)N=3)c2ccccc21. The van der Waals surface area contributed by atoms with Crippen LogP contribution in [0.25, 0.3) is 17.0 Å². The number of fused-ring (bicyclic) bond motifs is 2. The maximum atomic E-state index is 13.7. The first-order chi connectivity index (χ1) is 16.5. The third-order valence-electron chi connectivity index (χ3n) is 5.76. The summed E-state index contributed by atoms with van der Waals surface area (Å²) in [6, 6.07) is 11.4. The van der Waals surface area contributed by atoms with Crippen molar-refractivity contribution in [3.05, 3.63) is 102 Å². The lowest BCUT2D eigenvalue weighted by atomic mass is 10.0. The van der Waals surface area contributed by atoms with Crippen LogP contribution in [0, 0.1) is 0 Å². The third-order valence-corrected chi connectivity index (χ3v) is 7.67. The van der Waals surface area contributed by atoms with Gasteiger partial charge in [0.05, 0.1) is 22.4 Å². The Morgan fingerprint density at radius 2 is 2.09 bits per heavy atom. The summed E-state index contributed by atoms with van der Waals surface area (Å²) in [7, 11) is 0. The quantitative estimate of drug-likeness (QED) is 0.304. The van der Waals surface area contributed by atoms with E-state index in [4.69, 9.17) is 4.74 Å². The summed E-state index contributed by atoms with van der Waals surface area (Å²) >= 11 is 2.84. The molecule has 172 valence electrons. The Hall–Kier alpha value is -3.49. The number of benzene rings is 1. The molecule has 0 saturated heterocycles. The van der Waals surface area contributed by atoms with Crippen LogP contribution in [-0.2, 0) is 16.1 Å². The summed E-state index contributed by atoms with van der Waals surface area (Å²) < 4.78 is 9.64. The summed E-state index contributed by atoms with van der Waals surface area (Å²) in [4.78, 5) is 32.7. The molecule has 0 bridgehead atoms. The van der Waals surface area contributed by atoms with Crippen LogP contribution in [-0.4, -0.2) is 21.7 Å². The molecular weight excluding hydrogens is 466 g/mol. The number of allylic oxidation sites excluding steroid dienone is 2. The molecule has 3 aromatic heterocycles. The molecule has 5 rings (SSSR count). The van der Waals surface area contributed by atoms with Crippen molar-refractivity contribution in [1.82, 2.24) is 9.13 Å². The molecule has 1 aliphatic heterocycles. The van der Waals surface area contributed by atoms with Gasteiger partial charge in [-0.05, 0) is 37.4 Å². The second-order valence-corrected chi connectivity index (χ2v) is 9.85. The number of carbonyl (C=O) groups is 1. The summed E-state index contributed by atoms with van der Waals surface area (Å²) in [5.74, 6) is -0.441. The van der Waals surface area contributed by atoms with Gasteiger partial charge in [-0.25, -0.2) is 9.79 Å². The fourth-order valence-corrected chi connectivity index (χ4v) is 6.19. The van der Waals surface area contributed by atoms with E-state index < -0.39 is 12.0 Å². The molecule has 34 heavy (non-hydrogen) atoms. The van der Waals surface area contributed by atoms with E-state index in [0.29, 0.717) is 27.1 Å². The van der Waals surface area contributed by atoms with Gasteiger partial charge in [-0.2, -0.15) is 0 Å². The van der Waals surface area contributed by atoms with E-state index in [0.717, 1.165) is 21.3 Å². The Morgan fingerprint density at radius 3 is 2.82 bits per heavy atom. The minimum atomic E-state index is -0.556. The van der Waals surface area contributed by atoms with Gasteiger partial charge >= 0.3 is 5.97 Å². The van der Waals surface area contributed by atoms with E-state index in [1.807, 2.05) is 48.0 Å². The molecule has 4 heterocycles. The zero-order valence-electron chi connectivity index (χ0n) is 18.9. The van der Waals surface area contributed by atoms with Crippen LogP contribution in [0.4, 0.5) is 0 Å². The Kier molecular flexibility index (Phi) is 5.93. The summed E-state index contributed by atoms with van der Waals surface area (Å²) in [5.41, 5.74) is 2.85. The number of thiophene rings is 1. The van der Waals surface area contributed by atoms with Crippen LogP contribution in [0.1, 0.15) is 30.3 Å². The van der Waals surface area contributed by atoms with Crippen LogP contribution < -0.4 is 14.9 Å². The van der Waals surface area contributed by atoms with Crippen molar-refractivity contribution in [2.24, 2.45) is 4.99 Å². The first-order valence-corrected chi connectivity index (χ1v) is 12.6. The maximum Gasteiger partial charge on any atom is 0.338 e. The van der Waals surface area contributed by atoms with E-state index >= 15 is 0 Å². The third kappa shape index (κ3) is 3.69. The number of para-hydroxylation sites is 1. The largest absolute Gasteiger partial charge is 0.463 e. The average Bonchev–Trinajstić information content (AvgIpc) is 3.54. The highest BCUT2D eigenvalue weighted by Gasteiger charge is 2.33. The number of hydrogen-bond acceptors (Lipinski definition) is 6. The monoisotopic (exact) mass is 489 g/mol. The zero-order valence-corrected chi connectivity index (χ0v) is 20.5. The number of esters is 1. The Morgan fingerprint density at radius 1 is 1.26 bits per heavy atom. The molecule has 0 aliphatic carbocycles. The summed E-state index contributed by atoms with van der Waals surface area (Å²) in [6.45, 7) is 8.35. The predicted octanol–water partition coefficient (Wildman–Crippen LogP) is 4.00. The van der Waals surface area contributed by atoms with Crippen LogP contribution in [0.2, 0.25) is 0 Å². The molecule has 0 amide bonds. The van der Waals surface area contributed by atoms with Gasteiger partial charge in [0.1, 0.15) is 6.04 Å². The lowest BCUT2D eigenvalue weighted by Gasteiger charge is -2.23. The Bertz CT molecular complexity index is 1620. The first kappa shape index (κ1) is 22.3. The minimum Gasteiger partial charge on any atom is -0.463 e. The van der Waals surface area contributed by atoms with Crippen LogP contribution >= 0.6 is 22.7 Å². The van der Waals surface area contributed by atoms with Gasteiger partial charge in [-0.15, -0.1) is 17.9 Å². The zero-order chi connectivity index (χ0) is 23.8. The van der Waals surface area contributed by atoms with Crippen LogP contribution in [0.5, 0.6) is 0 Å². The van der Waals surface area contributed by atoms with Gasteiger partial charge in [0.25, 0.3) is 5.56 Å². The highest BCUT2D eigenvalue weighted by molar-refractivity contribution is 7.10. The van der Waals surface area contributed by atoms with E-state index in [1.165, 1.54) is 22.7 Å². The Labute approximate surface area is 204 Å². The molecule has 1 atom stereocenters. The van der Waals surface area contributed by atoms with Crippen molar-refractivity contribution in [3.63, 3.8) is 0 Å². The van der Waals surface area contributed by atoms with E-state index in [-0.39, 0.29) is 12.2 Å². The molecular formula is C26H23N3O3S2. The van der Waals surface area contributed by atoms with E-state index in [2.05, 4.69) is 28.3 Å². The van der Waals surface area contributed by atoms with Gasteiger partial charge in [0.15, 0.2) is 4.80 Å². The number of nitrogens with zero attached hydrogens (tertiary/aromatic N) is 3. The van der Waals surface area contributed by atoms with Crippen molar-refractivity contribution < 1.29 is 9.53 Å². The van der Waals surface area contributed by atoms with E-state index in [9.17, 15) is 9.59 Å². The van der Waals surface area contributed by atoms with Gasteiger partial charge in [-0.3, -0.25) is 9.36 Å². The average molecular weight is 490 g/mol. The first-order valence-electron chi connectivity index (χ1n) is 10.9. The molecule has 1 aliphatic rings. The second kappa shape index (κ2) is 9.04.